The van der Waals surface area contributed by atoms with Gasteiger partial charge in [0.1, 0.15) is 0 Å². The number of aromatic nitrogens is 4. The average molecular weight is 531 g/mol. The van der Waals surface area contributed by atoms with E-state index >= 15 is 0 Å². The summed E-state index contributed by atoms with van der Waals surface area (Å²) in [7, 11) is -4.02. The molecular formula is C25H24ClFN4O4S. The van der Waals surface area contributed by atoms with Crippen molar-refractivity contribution in [1.29, 1.82) is 0 Å². The lowest BCUT2D eigenvalue weighted by Crippen LogP contribution is -2.38. The molecule has 1 aromatic carbocycles. The van der Waals surface area contributed by atoms with Crippen LogP contribution in [0.5, 0.6) is 0 Å². The van der Waals surface area contributed by atoms with Crippen molar-refractivity contribution in [2.75, 3.05) is 0 Å². The minimum absolute atomic E-state index is 0.0791. The van der Waals surface area contributed by atoms with E-state index in [1.54, 1.807) is 18.2 Å². The van der Waals surface area contributed by atoms with Crippen molar-refractivity contribution in [2.24, 2.45) is 5.92 Å². The molecule has 0 aliphatic heterocycles. The summed E-state index contributed by atoms with van der Waals surface area (Å²) in [6, 6.07) is 8.00. The molecule has 11 heteroatoms. The molecule has 3 aromatic heterocycles. The number of aryl methyl sites for hydroxylation is 1. The predicted octanol–water partition coefficient (Wildman–Crippen LogP) is 3.90. The fourth-order valence-corrected chi connectivity index (χ4v) is 6.11. The highest BCUT2D eigenvalue weighted by Gasteiger charge is 2.32. The molecule has 0 bridgehead atoms. The fraction of sp³-hybridized carbons (Fsp3) is 0.320. The molecule has 5 rings (SSSR count). The van der Waals surface area contributed by atoms with E-state index in [0.29, 0.717) is 23.8 Å². The first-order valence-electron chi connectivity index (χ1n) is 11.5. The number of aliphatic hydroxyl groups is 2. The second-order valence-electron chi connectivity index (χ2n) is 9.12. The third kappa shape index (κ3) is 4.50. The van der Waals surface area contributed by atoms with E-state index in [1.807, 2.05) is 6.92 Å². The van der Waals surface area contributed by atoms with Gasteiger partial charge in [-0.1, -0.05) is 35.7 Å². The molecule has 1 saturated carbocycles. The molecule has 0 saturated heterocycles. The van der Waals surface area contributed by atoms with Crippen molar-refractivity contribution in [3.8, 4) is 11.4 Å². The Morgan fingerprint density at radius 2 is 1.89 bits per heavy atom. The molecule has 36 heavy (non-hydrogen) atoms. The van der Waals surface area contributed by atoms with Gasteiger partial charge < -0.3 is 10.2 Å². The average Bonchev–Trinajstić information content (AvgIpc) is 3.23. The summed E-state index contributed by atoms with van der Waals surface area (Å²) >= 11 is 6.18. The monoisotopic (exact) mass is 530 g/mol. The zero-order valence-electron chi connectivity index (χ0n) is 19.3. The zero-order valence-corrected chi connectivity index (χ0v) is 20.9. The van der Waals surface area contributed by atoms with Gasteiger partial charge in [-0.3, -0.25) is 0 Å². The summed E-state index contributed by atoms with van der Waals surface area (Å²) in [6.07, 6.45) is 3.87. The molecule has 2 N–H and O–H groups in total. The number of halogens is 2. The second-order valence-corrected chi connectivity index (χ2v) is 11.4. The molecular weight excluding hydrogens is 507 g/mol. The van der Waals surface area contributed by atoms with E-state index in [2.05, 4.69) is 15.0 Å². The van der Waals surface area contributed by atoms with Gasteiger partial charge in [0.05, 0.1) is 34.0 Å². The molecule has 1 fully saturated rings. The third-order valence-electron chi connectivity index (χ3n) is 6.62. The Morgan fingerprint density at radius 1 is 1.14 bits per heavy atom. The first-order chi connectivity index (χ1) is 17.1. The van der Waals surface area contributed by atoms with Gasteiger partial charge in [-0.05, 0) is 50.3 Å². The quantitative estimate of drug-likeness (QED) is 0.402. The first kappa shape index (κ1) is 24.8. The van der Waals surface area contributed by atoms with Gasteiger partial charge in [0.25, 0.3) is 10.0 Å². The Morgan fingerprint density at radius 3 is 2.64 bits per heavy atom. The molecule has 0 spiro atoms. The highest BCUT2D eigenvalue weighted by molar-refractivity contribution is 7.90. The number of hydrogen-bond acceptors (Lipinski definition) is 7. The van der Waals surface area contributed by atoms with E-state index in [9.17, 15) is 23.0 Å². The summed E-state index contributed by atoms with van der Waals surface area (Å²) in [6.45, 7) is 1.86. The minimum Gasteiger partial charge on any atom is -0.390 e. The maximum absolute atomic E-state index is 14.7. The summed E-state index contributed by atoms with van der Waals surface area (Å²) in [5.74, 6) is -0.896. The van der Waals surface area contributed by atoms with Crippen molar-refractivity contribution in [3.63, 3.8) is 0 Å². The summed E-state index contributed by atoms with van der Waals surface area (Å²) in [4.78, 5) is 12.8. The van der Waals surface area contributed by atoms with Crippen molar-refractivity contribution >= 4 is 32.7 Å². The SMILES string of the molecule is Cc1ccc(S(=O)(=O)n2cc(-c3ncc(F)c(C[C@H]4CCC[C@@H](O)[C@@H]4O)n3)c3cc(Cl)cnc32)cc1. The Kier molecular flexibility index (Phi) is 6.54. The lowest BCUT2D eigenvalue weighted by molar-refractivity contribution is -0.0447. The normalized spacial score (nSPS) is 20.6. The topological polar surface area (TPSA) is 118 Å². The maximum atomic E-state index is 14.7. The number of nitrogens with zero attached hydrogens (tertiary/aromatic N) is 4. The highest BCUT2D eigenvalue weighted by Crippen LogP contribution is 2.33. The van der Waals surface area contributed by atoms with Gasteiger partial charge in [-0.2, -0.15) is 0 Å². The number of fused-ring (bicyclic) bond motifs is 1. The van der Waals surface area contributed by atoms with Gasteiger partial charge in [0.15, 0.2) is 17.3 Å². The van der Waals surface area contributed by atoms with Crippen molar-refractivity contribution < 1.29 is 23.0 Å². The van der Waals surface area contributed by atoms with Gasteiger partial charge in [0, 0.05) is 23.3 Å². The lowest BCUT2D eigenvalue weighted by atomic mass is 9.82. The fourth-order valence-electron chi connectivity index (χ4n) is 4.63. The van der Waals surface area contributed by atoms with Crippen LogP contribution in [0.15, 0.2) is 53.8 Å². The third-order valence-corrected chi connectivity index (χ3v) is 8.49. The van der Waals surface area contributed by atoms with Gasteiger partial charge in [0.2, 0.25) is 0 Å². The Hall–Kier alpha value is -2.92. The van der Waals surface area contributed by atoms with Gasteiger partial charge >= 0.3 is 0 Å². The smallest absolute Gasteiger partial charge is 0.269 e. The van der Waals surface area contributed by atoms with Crippen LogP contribution < -0.4 is 0 Å². The number of hydrogen-bond donors (Lipinski definition) is 2. The molecule has 0 radical (unpaired) electrons. The molecule has 0 unspecified atom stereocenters. The highest BCUT2D eigenvalue weighted by atomic mass is 35.5. The molecule has 8 nitrogen and oxygen atoms in total. The van der Waals surface area contributed by atoms with E-state index in [4.69, 9.17) is 11.6 Å². The predicted molar refractivity (Wildman–Crippen MR) is 133 cm³/mol. The van der Waals surface area contributed by atoms with E-state index in [-0.39, 0.29) is 39.4 Å². The Bertz CT molecular complexity index is 1540. The molecule has 3 heterocycles. The van der Waals surface area contributed by atoms with Crippen LogP contribution in [0.2, 0.25) is 5.02 Å². The molecule has 4 aromatic rings. The minimum atomic E-state index is -4.02. The molecule has 3 atom stereocenters. The number of rotatable bonds is 5. The molecule has 1 aliphatic carbocycles. The zero-order chi connectivity index (χ0) is 25.6. The lowest BCUT2D eigenvalue weighted by Gasteiger charge is -2.31. The van der Waals surface area contributed by atoms with Crippen LogP contribution in [-0.2, 0) is 16.4 Å². The van der Waals surface area contributed by atoms with Crippen LogP contribution in [-0.4, -0.2) is 49.8 Å². The summed E-state index contributed by atoms with van der Waals surface area (Å²) in [5, 5.41) is 21.0. The Balaban J connectivity index is 1.61. The molecule has 188 valence electrons. The standard InChI is InChI=1S/C25H24ClFN4O4S/c1-14-5-7-17(8-6-14)36(34,35)31-13-19(18-10-16(26)11-29-25(18)31)24-28-12-20(27)21(30-24)9-15-3-2-4-22(32)23(15)33/h5-8,10-13,15,22-23,32-33H,2-4,9H2,1H3/t15-,22-,23-/m1/s1. The van der Waals surface area contributed by atoms with Crippen LogP contribution >= 0.6 is 11.6 Å². The van der Waals surface area contributed by atoms with Gasteiger partial charge in [-0.25, -0.2) is 31.7 Å². The second kappa shape index (κ2) is 9.51. The summed E-state index contributed by atoms with van der Waals surface area (Å²) < 4.78 is 42.7. The van der Waals surface area contributed by atoms with Gasteiger partial charge in [-0.15, -0.1) is 0 Å². The van der Waals surface area contributed by atoms with E-state index in [0.717, 1.165) is 22.2 Å². The summed E-state index contributed by atoms with van der Waals surface area (Å²) in [5.41, 5.74) is 1.45. The van der Waals surface area contributed by atoms with Crippen molar-refractivity contribution in [1.82, 2.24) is 18.9 Å². The van der Waals surface area contributed by atoms with Crippen LogP contribution in [0.1, 0.15) is 30.5 Å². The van der Waals surface area contributed by atoms with Crippen LogP contribution in [0, 0.1) is 18.7 Å². The van der Waals surface area contributed by atoms with Crippen molar-refractivity contribution in [3.05, 3.63) is 71.0 Å². The van der Waals surface area contributed by atoms with E-state index < -0.39 is 28.0 Å². The van der Waals surface area contributed by atoms with Crippen LogP contribution in [0.3, 0.4) is 0 Å². The number of pyridine rings is 1. The maximum Gasteiger partial charge on any atom is 0.269 e. The van der Waals surface area contributed by atoms with Crippen LogP contribution in [0.4, 0.5) is 4.39 Å². The molecule has 0 amide bonds. The van der Waals surface area contributed by atoms with Crippen LogP contribution in [0.25, 0.3) is 22.4 Å². The number of aliphatic hydroxyl groups excluding tert-OH is 2. The largest absolute Gasteiger partial charge is 0.390 e. The number of benzene rings is 1. The Labute approximate surface area is 212 Å². The van der Waals surface area contributed by atoms with E-state index in [1.165, 1.54) is 24.5 Å². The first-order valence-corrected chi connectivity index (χ1v) is 13.3. The van der Waals surface area contributed by atoms with Crippen molar-refractivity contribution in [2.45, 2.75) is 49.7 Å². The molecule has 1 aliphatic rings.